The fraction of sp³-hybridized carbons (Fsp3) is 0.615. The lowest BCUT2D eigenvalue weighted by atomic mass is 10.1. The fourth-order valence-corrected chi connectivity index (χ4v) is 3.48. The molecule has 0 spiro atoms. The van der Waals surface area contributed by atoms with E-state index in [1.54, 1.807) is 0 Å². The van der Waals surface area contributed by atoms with Crippen LogP contribution in [0.4, 0.5) is 0 Å². The van der Waals surface area contributed by atoms with Gasteiger partial charge in [-0.25, -0.2) is 0 Å². The Morgan fingerprint density at radius 3 is 3.11 bits per heavy atom. The molecule has 1 unspecified atom stereocenters. The van der Waals surface area contributed by atoms with Crippen molar-refractivity contribution in [2.24, 2.45) is 0 Å². The number of hydrogen-bond acceptors (Lipinski definition) is 3. The van der Waals surface area contributed by atoms with E-state index in [1.807, 2.05) is 17.0 Å². The third kappa shape index (κ3) is 3.56. The highest BCUT2D eigenvalue weighted by atomic mass is 79.9. The quantitative estimate of drug-likeness (QED) is 0.844. The minimum absolute atomic E-state index is 0.135. The third-order valence-corrected chi connectivity index (χ3v) is 4.62. The van der Waals surface area contributed by atoms with Gasteiger partial charge in [-0.15, -0.1) is 11.3 Å². The van der Waals surface area contributed by atoms with E-state index >= 15 is 0 Å². The van der Waals surface area contributed by atoms with Crippen molar-refractivity contribution in [2.75, 3.05) is 19.7 Å². The predicted molar refractivity (Wildman–Crippen MR) is 77.2 cm³/mol. The van der Waals surface area contributed by atoms with Crippen molar-refractivity contribution in [3.05, 3.63) is 20.8 Å². The van der Waals surface area contributed by atoms with E-state index in [-0.39, 0.29) is 12.0 Å². The summed E-state index contributed by atoms with van der Waals surface area (Å²) in [4.78, 5) is 15.0. The molecular weight excluding hydrogens is 314 g/mol. The van der Waals surface area contributed by atoms with Crippen molar-refractivity contribution in [1.29, 1.82) is 0 Å². The Morgan fingerprint density at radius 2 is 2.44 bits per heavy atom. The number of carbonyl (C=O) groups is 1. The van der Waals surface area contributed by atoms with Gasteiger partial charge >= 0.3 is 0 Å². The molecule has 1 saturated heterocycles. The van der Waals surface area contributed by atoms with Crippen molar-refractivity contribution in [1.82, 2.24) is 4.90 Å². The average molecular weight is 332 g/mol. The largest absolute Gasteiger partial charge is 0.376 e. The Morgan fingerprint density at radius 1 is 1.61 bits per heavy atom. The van der Waals surface area contributed by atoms with Crippen LogP contribution in [0.25, 0.3) is 0 Å². The summed E-state index contributed by atoms with van der Waals surface area (Å²) in [5, 5.41) is 0. The number of likely N-dealkylation sites (tertiary alicyclic amines) is 1. The van der Waals surface area contributed by atoms with Gasteiger partial charge in [-0.2, -0.15) is 0 Å². The van der Waals surface area contributed by atoms with Gasteiger partial charge in [0.15, 0.2) is 0 Å². The summed E-state index contributed by atoms with van der Waals surface area (Å²) in [6.45, 7) is 4.47. The van der Waals surface area contributed by atoms with Crippen LogP contribution in [0.1, 0.15) is 35.9 Å². The molecule has 0 radical (unpaired) electrons. The standard InChI is InChI=1S/C13H18BrNO2S/c1-2-8-17-10-4-3-7-15(9-10)13(16)11-5-6-12(14)18-11/h5-6,10H,2-4,7-9H2,1H3. The minimum atomic E-state index is 0.135. The van der Waals surface area contributed by atoms with Crippen LogP contribution in [0.5, 0.6) is 0 Å². The molecule has 1 amide bonds. The molecule has 18 heavy (non-hydrogen) atoms. The van der Waals surface area contributed by atoms with Crippen LogP contribution in [0.15, 0.2) is 15.9 Å². The smallest absolute Gasteiger partial charge is 0.264 e. The molecule has 3 nitrogen and oxygen atoms in total. The maximum Gasteiger partial charge on any atom is 0.264 e. The Balaban J connectivity index is 1.94. The summed E-state index contributed by atoms with van der Waals surface area (Å²) >= 11 is 4.89. The van der Waals surface area contributed by atoms with Gasteiger partial charge in [0.2, 0.25) is 0 Å². The molecule has 0 aromatic carbocycles. The Kier molecular flexibility index (Phi) is 5.21. The lowest BCUT2D eigenvalue weighted by molar-refractivity contribution is 0.00227. The van der Waals surface area contributed by atoms with Gasteiger partial charge in [-0.1, -0.05) is 6.92 Å². The predicted octanol–water partition coefficient (Wildman–Crippen LogP) is 3.54. The number of hydrogen-bond donors (Lipinski definition) is 0. The highest BCUT2D eigenvalue weighted by Gasteiger charge is 2.25. The zero-order valence-corrected chi connectivity index (χ0v) is 12.9. The van der Waals surface area contributed by atoms with Gasteiger partial charge < -0.3 is 9.64 Å². The summed E-state index contributed by atoms with van der Waals surface area (Å²) in [7, 11) is 0. The maximum absolute atomic E-state index is 12.3. The number of rotatable bonds is 4. The van der Waals surface area contributed by atoms with E-state index in [9.17, 15) is 4.79 Å². The zero-order chi connectivity index (χ0) is 13.0. The molecular formula is C13H18BrNO2S. The highest BCUT2D eigenvalue weighted by molar-refractivity contribution is 9.11. The molecule has 0 bridgehead atoms. The lowest BCUT2D eigenvalue weighted by Gasteiger charge is -2.32. The third-order valence-electron chi connectivity index (χ3n) is 3.01. The second-order valence-corrected chi connectivity index (χ2v) is 6.95. The number of carbonyl (C=O) groups excluding carboxylic acids is 1. The Hall–Kier alpha value is -0.390. The summed E-state index contributed by atoms with van der Waals surface area (Å²) in [5.74, 6) is 0.135. The Bertz CT molecular complexity index is 407. The van der Waals surface area contributed by atoms with E-state index in [4.69, 9.17) is 4.74 Å². The minimum Gasteiger partial charge on any atom is -0.376 e. The Labute approximate surface area is 120 Å². The normalized spacial score (nSPS) is 20.1. The average Bonchev–Trinajstić information content (AvgIpc) is 2.82. The van der Waals surface area contributed by atoms with Crippen molar-refractivity contribution >= 4 is 33.2 Å². The molecule has 1 atom stereocenters. The molecule has 2 heterocycles. The lowest BCUT2D eigenvalue weighted by Crippen LogP contribution is -2.43. The van der Waals surface area contributed by atoms with Crippen LogP contribution in [-0.4, -0.2) is 36.6 Å². The molecule has 1 aliphatic rings. The molecule has 0 aliphatic carbocycles. The monoisotopic (exact) mass is 331 g/mol. The SMILES string of the molecule is CCCOC1CCCN(C(=O)c2ccc(Br)s2)C1. The number of nitrogens with zero attached hydrogens (tertiary/aromatic N) is 1. The van der Waals surface area contributed by atoms with Crippen LogP contribution in [0, 0.1) is 0 Å². The first kappa shape index (κ1) is 14.0. The van der Waals surface area contributed by atoms with Crippen molar-refractivity contribution in [2.45, 2.75) is 32.3 Å². The van der Waals surface area contributed by atoms with E-state index in [2.05, 4.69) is 22.9 Å². The van der Waals surface area contributed by atoms with Gasteiger partial charge in [0.25, 0.3) is 5.91 Å². The summed E-state index contributed by atoms with van der Waals surface area (Å²) in [6, 6.07) is 3.81. The van der Waals surface area contributed by atoms with E-state index < -0.39 is 0 Å². The summed E-state index contributed by atoms with van der Waals surface area (Å²) in [5.41, 5.74) is 0. The van der Waals surface area contributed by atoms with Gasteiger partial charge in [-0.05, 0) is 47.3 Å². The first-order chi connectivity index (χ1) is 8.70. The van der Waals surface area contributed by atoms with Crippen molar-refractivity contribution in [3.63, 3.8) is 0 Å². The topological polar surface area (TPSA) is 29.5 Å². The molecule has 1 aromatic heterocycles. The number of halogens is 1. The van der Waals surface area contributed by atoms with Crippen LogP contribution in [0.3, 0.4) is 0 Å². The highest BCUT2D eigenvalue weighted by Crippen LogP contribution is 2.25. The number of piperidine rings is 1. The molecule has 1 aliphatic heterocycles. The first-order valence-corrected chi connectivity index (χ1v) is 7.98. The zero-order valence-electron chi connectivity index (χ0n) is 10.5. The molecule has 5 heteroatoms. The second-order valence-electron chi connectivity index (χ2n) is 4.49. The molecule has 0 N–H and O–H groups in total. The number of thiophene rings is 1. The van der Waals surface area contributed by atoms with Crippen LogP contribution in [-0.2, 0) is 4.74 Å². The van der Waals surface area contributed by atoms with E-state index in [1.165, 1.54) is 11.3 Å². The molecule has 0 saturated carbocycles. The van der Waals surface area contributed by atoms with Gasteiger partial charge in [0.1, 0.15) is 0 Å². The van der Waals surface area contributed by atoms with Crippen LogP contribution in [0.2, 0.25) is 0 Å². The van der Waals surface area contributed by atoms with Crippen molar-refractivity contribution < 1.29 is 9.53 Å². The van der Waals surface area contributed by atoms with Gasteiger partial charge in [0, 0.05) is 19.7 Å². The molecule has 2 rings (SSSR count). The van der Waals surface area contributed by atoms with E-state index in [0.29, 0.717) is 0 Å². The summed E-state index contributed by atoms with van der Waals surface area (Å²) < 4.78 is 6.76. The molecule has 100 valence electrons. The van der Waals surface area contributed by atoms with Crippen LogP contribution < -0.4 is 0 Å². The summed E-state index contributed by atoms with van der Waals surface area (Å²) in [6.07, 6.45) is 3.35. The van der Waals surface area contributed by atoms with Crippen molar-refractivity contribution in [3.8, 4) is 0 Å². The fourth-order valence-electron chi connectivity index (χ4n) is 2.13. The maximum atomic E-state index is 12.3. The number of amides is 1. The molecule has 1 fully saturated rings. The van der Waals surface area contributed by atoms with Gasteiger partial charge in [-0.3, -0.25) is 4.79 Å². The second kappa shape index (κ2) is 6.68. The van der Waals surface area contributed by atoms with Crippen LogP contribution >= 0.6 is 27.3 Å². The molecule has 1 aromatic rings. The first-order valence-electron chi connectivity index (χ1n) is 6.37. The van der Waals surface area contributed by atoms with E-state index in [0.717, 1.165) is 47.6 Å². The van der Waals surface area contributed by atoms with Gasteiger partial charge in [0.05, 0.1) is 14.8 Å². The number of ether oxygens (including phenoxy) is 1.